The number of rotatable bonds is 39. The number of nitrogens with one attached hydrogen (secondary N) is 1. The van der Waals surface area contributed by atoms with E-state index < -0.39 is 86.8 Å². The largest absolute Gasteiger partial charge is 0.394 e. The standard InChI is InChI=1S/C55H93NO13/c1-3-5-7-9-11-13-14-15-16-17-18-19-20-21-22-23-24-25-26-27-28-29-30-31-33-35-37-39-47(60)56-43(44(59)38-36-34-32-12-10-8-6-4-2)42-66-54-52(65)50(63)53(46(41-58)68-54)69-55-51(64)49(62)48(61)45(40-57)67-55/h5,7,11,13,15-16,18-19,21-22,24-25,36,38,43-46,48-55,57-59,61-65H,3-4,6,8-10,12,14,17,20,23,26-35,37,39-42H2,1-2H3,(H,56,60)/b7-5-,13-11-,16-15-,19-18-,22-21-,25-24-,38-36+. The number of aliphatic hydroxyl groups is 8. The number of carbonyl (C=O) groups excluding carboxylic acids is 1. The normalized spacial score (nSPS) is 26.9. The van der Waals surface area contributed by atoms with Crippen LogP contribution in [0.15, 0.2) is 85.1 Å². The molecule has 0 saturated carbocycles. The van der Waals surface area contributed by atoms with E-state index in [1.165, 1.54) is 38.5 Å². The highest BCUT2D eigenvalue weighted by molar-refractivity contribution is 5.76. The van der Waals surface area contributed by atoms with Crippen molar-refractivity contribution in [1.82, 2.24) is 5.32 Å². The summed E-state index contributed by atoms with van der Waals surface area (Å²) in [6, 6.07) is -0.921. The van der Waals surface area contributed by atoms with E-state index in [9.17, 15) is 45.6 Å². The van der Waals surface area contributed by atoms with E-state index in [0.717, 1.165) is 96.3 Å². The molecule has 2 aliphatic rings. The third-order valence-corrected chi connectivity index (χ3v) is 12.3. The zero-order chi connectivity index (χ0) is 50.3. The Morgan fingerprint density at radius 2 is 1.00 bits per heavy atom. The smallest absolute Gasteiger partial charge is 0.220 e. The van der Waals surface area contributed by atoms with Crippen molar-refractivity contribution in [2.45, 2.75) is 235 Å². The molecule has 0 aromatic rings. The quantitative estimate of drug-likeness (QED) is 0.0217. The summed E-state index contributed by atoms with van der Waals surface area (Å²) in [5.41, 5.74) is 0. The number of carbonyl (C=O) groups is 1. The predicted molar refractivity (Wildman–Crippen MR) is 272 cm³/mol. The van der Waals surface area contributed by atoms with E-state index >= 15 is 0 Å². The van der Waals surface area contributed by atoms with Crippen molar-refractivity contribution in [3.8, 4) is 0 Å². The van der Waals surface area contributed by atoms with Crippen molar-refractivity contribution in [3.63, 3.8) is 0 Å². The van der Waals surface area contributed by atoms with Gasteiger partial charge in [-0.05, 0) is 70.6 Å². The van der Waals surface area contributed by atoms with Gasteiger partial charge < -0.3 is 65.1 Å². The number of amides is 1. The molecule has 0 aromatic carbocycles. The first-order valence-corrected chi connectivity index (χ1v) is 26.3. The summed E-state index contributed by atoms with van der Waals surface area (Å²) in [5, 5.41) is 86.5. The maximum Gasteiger partial charge on any atom is 0.220 e. The number of unbranched alkanes of at least 4 members (excludes halogenated alkanes) is 14. The second-order valence-corrected chi connectivity index (χ2v) is 18.3. The Bertz CT molecular complexity index is 1480. The van der Waals surface area contributed by atoms with E-state index in [1.807, 2.05) is 6.08 Å². The summed E-state index contributed by atoms with van der Waals surface area (Å²) in [6.45, 7) is 2.59. The minimum absolute atomic E-state index is 0.257. The van der Waals surface area contributed by atoms with Crippen LogP contribution in [0.5, 0.6) is 0 Å². The van der Waals surface area contributed by atoms with Crippen LogP contribution in [0.25, 0.3) is 0 Å². The van der Waals surface area contributed by atoms with Crippen molar-refractivity contribution in [2.75, 3.05) is 19.8 Å². The molecule has 396 valence electrons. The van der Waals surface area contributed by atoms with E-state index in [4.69, 9.17) is 18.9 Å². The molecule has 0 aromatic heterocycles. The first kappa shape index (κ1) is 62.3. The molecule has 12 atom stereocenters. The first-order valence-electron chi connectivity index (χ1n) is 26.3. The fraction of sp³-hybridized carbons (Fsp3) is 0.727. The molecule has 14 heteroatoms. The lowest BCUT2D eigenvalue weighted by Crippen LogP contribution is -2.65. The number of ether oxygens (including phenoxy) is 4. The Balaban J connectivity index is 1.72. The van der Waals surface area contributed by atoms with Gasteiger partial charge in [0.2, 0.25) is 5.91 Å². The highest BCUT2D eigenvalue weighted by Gasteiger charge is 2.51. The van der Waals surface area contributed by atoms with Gasteiger partial charge >= 0.3 is 0 Å². The van der Waals surface area contributed by atoms with Crippen molar-refractivity contribution in [1.29, 1.82) is 0 Å². The predicted octanol–water partition coefficient (Wildman–Crippen LogP) is 7.38. The van der Waals surface area contributed by atoms with Crippen LogP contribution >= 0.6 is 0 Å². The molecule has 0 radical (unpaired) electrons. The molecular weight excluding hydrogens is 883 g/mol. The Morgan fingerprint density at radius 1 is 0.536 bits per heavy atom. The minimum atomic E-state index is -1.79. The van der Waals surface area contributed by atoms with E-state index in [0.29, 0.717) is 6.42 Å². The first-order chi connectivity index (χ1) is 33.6. The summed E-state index contributed by atoms with van der Waals surface area (Å²) in [4.78, 5) is 13.1. The SMILES string of the molecule is CC/C=C\C/C=C\C/C=C\C/C=C\C/C=C\C/C=C\CCCCCCCCCCC(=O)NC(COC1OC(CO)C(OC2OC(CO)C(O)C(O)C2O)C(O)C1O)C(O)/C=C/CCCCCCCC. The molecule has 2 fully saturated rings. The van der Waals surface area contributed by atoms with Gasteiger partial charge in [0, 0.05) is 6.42 Å². The molecule has 69 heavy (non-hydrogen) atoms. The zero-order valence-electron chi connectivity index (χ0n) is 42.0. The minimum Gasteiger partial charge on any atom is -0.394 e. The molecule has 9 N–H and O–H groups in total. The second-order valence-electron chi connectivity index (χ2n) is 18.3. The summed E-state index contributed by atoms with van der Waals surface area (Å²) in [7, 11) is 0. The summed E-state index contributed by atoms with van der Waals surface area (Å²) in [5.74, 6) is -0.257. The lowest BCUT2D eigenvalue weighted by atomic mass is 9.97. The summed E-state index contributed by atoms with van der Waals surface area (Å²) in [6.07, 6.45) is 36.5. The van der Waals surface area contributed by atoms with Crippen LogP contribution in [0.3, 0.4) is 0 Å². The third-order valence-electron chi connectivity index (χ3n) is 12.3. The average Bonchev–Trinajstić information content (AvgIpc) is 3.35. The maximum absolute atomic E-state index is 13.1. The van der Waals surface area contributed by atoms with Crippen molar-refractivity contribution < 1.29 is 64.6 Å². The Kier molecular flexibility index (Phi) is 36.8. The molecule has 12 unspecified atom stereocenters. The Labute approximate surface area is 414 Å². The highest BCUT2D eigenvalue weighted by Crippen LogP contribution is 2.30. The van der Waals surface area contributed by atoms with Crippen molar-refractivity contribution >= 4 is 5.91 Å². The molecule has 0 bridgehead atoms. The molecular formula is C55H93NO13. The van der Waals surface area contributed by atoms with Crippen LogP contribution < -0.4 is 5.32 Å². The third kappa shape index (κ3) is 27.5. The Morgan fingerprint density at radius 3 is 1.54 bits per heavy atom. The van der Waals surface area contributed by atoms with Gasteiger partial charge in [0.05, 0.1) is 32.0 Å². The second kappa shape index (κ2) is 40.7. The van der Waals surface area contributed by atoms with E-state index in [2.05, 4.69) is 92.1 Å². The van der Waals surface area contributed by atoms with Crippen molar-refractivity contribution in [2.24, 2.45) is 0 Å². The fourth-order valence-electron chi connectivity index (χ4n) is 8.06. The van der Waals surface area contributed by atoms with Gasteiger partial charge in [-0.25, -0.2) is 0 Å². The van der Waals surface area contributed by atoms with Crippen LogP contribution in [0.4, 0.5) is 0 Å². The summed E-state index contributed by atoms with van der Waals surface area (Å²) < 4.78 is 22.6. The van der Waals surface area contributed by atoms with Crippen molar-refractivity contribution in [3.05, 3.63) is 85.1 Å². The lowest BCUT2D eigenvalue weighted by molar-refractivity contribution is -0.359. The molecule has 2 saturated heterocycles. The number of aliphatic hydroxyl groups excluding tert-OH is 8. The van der Waals surface area contributed by atoms with E-state index in [-0.39, 0.29) is 18.9 Å². The van der Waals surface area contributed by atoms with Gasteiger partial charge in [0.15, 0.2) is 12.6 Å². The molecule has 0 aliphatic carbocycles. The van der Waals surface area contributed by atoms with Crippen LogP contribution in [-0.4, -0.2) is 140 Å². The monoisotopic (exact) mass is 976 g/mol. The lowest BCUT2D eigenvalue weighted by Gasteiger charge is -2.46. The number of allylic oxidation sites excluding steroid dienone is 13. The van der Waals surface area contributed by atoms with Gasteiger partial charge in [-0.3, -0.25) is 4.79 Å². The van der Waals surface area contributed by atoms with Gasteiger partial charge in [-0.15, -0.1) is 0 Å². The van der Waals surface area contributed by atoms with Gasteiger partial charge in [0.25, 0.3) is 0 Å². The van der Waals surface area contributed by atoms with Crippen LogP contribution in [0.2, 0.25) is 0 Å². The van der Waals surface area contributed by atoms with Crippen LogP contribution in [0.1, 0.15) is 162 Å². The number of hydrogen-bond acceptors (Lipinski definition) is 13. The summed E-state index contributed by atoms with van der Waals surface area (Å²) >= 11 is 0. The highest BCUT2D eigenvalue weighted by atomic mass is 16.7. The zero-order valence-corrected chi connectivity index (χ0v) is 42.0. The molecule has 1 amide bonds. The molecule has 14 nitrogen and oxygen atoms in total. The van der Waals surface area contributed by atoms with Gasteiger partial charge in [-0.2, -0.15) is 0 Å². The molecule has 2 heterocycles. The van der Waals surface area contributed by atoms with Gasteiger partial charge in [-0.1, -0.05) is 170 Å². The average molecular weight is 976 g/mol. The molecule has 0 spiro atoms. The van der Waals surface area contributed by atoms with Gasteiger partial charge in [0.1, 0.15) is 48.8 Å². The number of hydrogen-bond donors (Lipinski definition) is 9. The van der Waals surface area contributed by atoms with Crippen LogP contribution in [0, 0.1) is 0 Å². The molecule has 2 rings (SSSR count). The Hall–Kier alpha value is -2.83. The van der Waals surface area contributed by atoms with Crippen LogP contribution in [-0.2, 0) is 23.7 Å². The van der Waals surface area contributed by atoms with E-state index in [1.54, 1.807) is 6.08 Å². The fourth-order valence-corrected chi connectivity index (χ4v) is 8.06. The topological polar surface area (TPSA) is 228 Å². The molecule has 2 aliphatic heterocycles. The maximum atomic E-state index is 13.1.